The molecule has 2 aromatic carbocycles. The second kappa shape index (κ2) is 9.67. The fraction of sp³-hybridized carbons (Fsp3) is 0.190. The molecule has 0 unspecified atom stereocenters. The summed E-state index contributed by atoms with van der Waals surface area (Å²) >= 11 is 7.13. The van der Waals surface area contributed by atoms with Gasteiger partial charge < -0.3 is 11.1 Å². The van der Waals surface area contributed by atoms with E-state index < -0.39 is 15.1 Å². The van der Waals surface area contributed by atoms with Crippen LogP contribution in [0, 0.1) is 6.92 Å². The van der Waals surface area contributed by atoms with Crippen molar-refractivity contribution in [2.45, 2.75) is 40.5 Å². The fourth-order valence-corrected chi connectivity index (χ4v) is 5.05. The molecule has 1 atom stereocenters. The summed E-state index contributed by atoms with van der Waals surface area (Å²) in [6.45, 7) is 3.73. The molecule has 0 aliphatic rings. The van der Waals surface area contributed by atoms with E-state index in [2.05, 4.69) is 15.3 Å². The van der Waals surface area contributed by atoms with Crippen molar-refractivity contribution in [3.63, 3.8) is 0 Å². The third-order valence-electron chi connectivity index (χ3n) is 4.47. The van der Waals surface area contributed by atoms with Gasteiger partial charge in [0, 0.05) is 10.7 Å². The van der Waals surface area contributed by atoms with Crippen LogP contribution in [0.1, 0.15) is 18.9 Å². The Bertz CT molecular complexity index is 1200. The molecule has 3 N–H and O–H groups in total. The number of hydrogen-bond acceptors (Lipinski definition) is 7. The minimum absolute atomic E-state index is 0.105. The van der Waals surface area contributed by atoms with E-state index in [1.165, 1.54) is 18.3 Å². The summed E-state index contributed by atoms with van der Waals surface area (Å²) < 4.78 is 25.5. The largest absolute Gasteiger partial charge is 0.382 e. The Balaban J connectivity index is 1.79. The van der Waals surface area contributed by atoms with Crippen molar-refractivity contribution in [3.05, 3.63) is 65.3 Å². The molecule has 10 heteroatoms. The van der Waals surface area contributed by atoms with E-state index in [0.29, 0.717) is 17.1 Å². The van der Waals surface area contributed by atoms with E-state index in [1.807, 2.05) is 19.9 Å². The number of amides is 1. The topological polar surface area (TPSA) is 115 Å². The second-order valence-corrected chi connectivity index (χ2v) is 10.2. The number of halogens is 1. The van der Waals surface area contributed by atoms with Crippen molar-refractivity contribution < 1.29 is 13.2 Å². The summed E-state index contributed by atoms with van der Waals surface area (Å²) in [7, 11) is -3.84. The number of thioether (sulfide) groups is 1. The fourth-order valence-electron chi connectivity index (χ4n) is 2.75. The molecule has 0 aliphatic heterocycles. The van der Waals surface area contributed by atoms with Gasteiger partial charge in [-0.3, -0.25) is 4.79 Å². The molecule has 3 aromatic rings. The first kappa shape index (κ1) is 23.1. The van der Waals surface area contributed by atoms with Crippen molar-refractivity contribution >= 4 is 50.6 Å². The summed E-state index contributed by atoms with van der Waals surface area (Å²) in [6.07, 6.45) is 1.68. The van der Waals surface area contributed by atoms with Gasteiger partial charge in [0.2, 0.25) is 15.7 Å². The summed E-state index contributed by atoms with van der Waals surface area (Å²) in [4.78, 5) is 20.9. The van der Waals surface area contributed by atoms with Gasteiger partial charge in [-0.1, -0.05) is 54.6 Å². The van der Waals surface area contributed by atoms with E-state index in [0.717, 1.165) is 17.3 Å². The highest BCUT2D eigenvalue weighted by Gasteiger charge is 2.24. The normalized spacial score (nSPS) is 12.4. The van der Waals surface area contributed by atoms with Crippen LogP contribution in [-0.4, -0.2) is 29.5 Å². The minimum atomic E-state index is -3.84. The van der Waals surface area contributed by atoms with Crippen LogP contribution in [0.5, 0.6) is 0 Å². The van der Waals surface area contributed by atoms with Crippen molar-refractivity contribution in [3.8, 4) is 0 Å². The summed E-state index contributed by atoms with van der Waals surface area (Å²) in [5.41, 5.74) is 7.45. The highest BCUT2D eigenvalue weighted by Crippen LogP contribution is 2.29. The maximum atomic E-state index is 12.8. The number of carbonyl (C=O) groups is 1. The monoisotopic (exact) mass is 476 g/mol. The van der Waals surface area contributed by atoms with Gasteiger partial charge >= 0.3 is 0 Å². The predicted molar refractivity (Wildman–Crippen MR) is 123 cm³/mol. The molecule has 0 spiro atoms. The van der Waals surface area contributed by atoms with E-state index in [9.17, 15) is 13.2 Å². The minimum Gasteiger partial charge on any atom is -0.382 e. The van der Waals surface area contributed by atoms with Gasteiger partial charge in [0.25, 0.3) is 0 Å². The van der Waals surface area contributed by atoms with Crippen molar-refractivity contribution in [2.24, 2.45) is 0 Å². The third-order valence-corrected chi connectivity index (χ3v) is 7.73. The van der Waals surface area contributed by atoms with E-state index in [1.54, 1.807) is 30.3 Å². The number of benzene rings is 2. The second-order valence-electron chi connectivity index (χ2n) is 6.68. The van der Waals surface area contributed by atoms with Crippen LogP contribution in [-0.2, 0) is 14.6 Å². The number of hydrogen-bond donors (Lipinski definition) is 2. The van der Waals surface area contributed by atoms with Gasteiger partial charge in [-0.05, 0) is 43.2 Å². The molecule has 162 valence electrons. The standard InChI is InChI=1S/C21H21ClN4O3S2/c1-3-17(20(27)25-16-11-14(22)10-9-13(16)2)30-21-24-12-18(19(23)26-21)31(28,29)15-7-5-4-6-8-15/h4-12,17H,3H2,1-2H3,(H,25,27)(H2,23,24,26)/t17-/m0/s1. The molecule has 1 amide bonds. The molecule has 0 bridgehead atoms. The molecule has 7 nitrogen and oxygen atoms in total. The van der Waals surface area contributed by atoms with Crippen LogP contribution in [0.3, 0.4) is 0 Å². The molecular weight excluding hydrogens is 456 g/mol. The lowest BCUT2D eigenvalue weighted by Crippen LogP contribution is -2.25. The molecule has 1 heterocycles. The Hall–Kier alpha value is -2.62. The Morgan fingerprint density at radius 3 is 2.58 bits per heavy atom. The Kier molecular flexibility index (Phi) is 7.19. The Labute approximate surface area is 190 Å². The number of anilines is 2. The Morgan fingerprint density at radius 1 is 1.23 bits per heavy atom. The van der Waals surface area contributed by atoms with Crippen LogP contribution in [0.15, 0.2) is 69.7 Å². The molecule has 0 fully saturated rings. The molecule has 0 saturated carbocycles. The molecular formula is C21H21ClN4O3S2. The molecule has 1 aromatic heterocycles. The SMILES string of the molecule is CC[C@H](Sc1ncc(S(=O)(=O)c2ccccc2)c(N)n1)C(=O)Nc1cc(Cl)ccc1C. The maximum absolute atomic E-state index is 12.8. The number of rotatable bonds is 7. The first-order valence-corrected chi connectivity index (χ1v) is 12.1. The summed E-state index contributed by atoms with van der Waals surface area (Å²) in [6, 6.07) is 13.2. The first-order chi connectivity index (χ1) is 14.7. The van der Waals surface area contributed by atoms with E-state index in [4.69, 9.17) is 17.3 Å². The summed E-state index contributed by atoms with van der Waals surface area (Å²) in [5, 5.41) is 3.10. The number of nitrogens with two attached hydrogens (primary N) is 1. The summed E-state index contributed by atoms with van der Waals surface area (Å²) in [5.74, 6) is -0.400. The van der Waals surface area contributed by atoms with Crippen LogP contribution >= 0.6 is 23.4 Å². The zero-order valence-electron chi connectivity index (χ0n) is 16.9. The number of nitrogens with zero attached hydrogens (tertiary/aromatic N) is 2. The zero-order valence-corrected chi connectivity index (χ0v) is 19.3. The highest BCUT2D eigenvalue weighted by atomic mass is 35.5. The molecule has 31 heavy (non-hydrogen) atoms. The molecule has 0 saturated heterocycles. The van der Waals surface area contributed by atoms with Gasteiger partial charge in [-0.25, -0.2) is 18.4 Å². The lowest BCUT2D eigenvalue weighted by Gasteiger charge is -2.16. The lowest BCUT2D eigenvalue weighted by atomic mass is 10.2. The van der Waals surface area contributed by atoms with Crippen LogP contribution in [0.2, 0.25) is 5.02 Å². The van der Waals surface area contributed by atoms with Crippen LogP contribution in [0.4, 0.5) is 11.5 Å². The highest BCUT2D eigenvalue weighted by molar-refractivity contribution is 8.00. The first-order valence-electron chi connectivity index (χ1n) is 9.38. The predicted octanol–water partition coefficient (Wildman–Crippen LogP) is 4.36. The van der Waals surface area contributed by atoms with Crippen molar-refractivity contribution in [1.82, 2.24) is 9.97 Å². The maximum Gasteiger partial charge on any atom is 0.237 e. The van der Waals surface area contributed by atoms with Gasteiger partial charge in [-0.15, -0.1) is 0 Å². The Morgan fingerprint density at radius 2 is 1.94 bits per heavy atom. The van der Waals surface area contributed by atoms with Crippen molar-refractivity contribution in [2.75, 3.05) is 11.1 Å². The molecule has 0 aliphatic carbocycles. The number of nitrogen functional groups attached to an aromatic ring is 1. The van der Waals surface area contributed by atoms with Gasteiger partial charge in [0.15, 0.2) is 5.16 Å². The zero-order chi connectivity index (χ0) is 22.6. The number of nitrogens with one attached hydrogen (secondary N) is 1. The lowest BCUT2D eigenvalue weighted by molar-refractivity contribution is -0.115. The van der Waals surface area contributed by atoms with Gasteiger partial charge in [0.05, 0.1) is 16.3 Å². The molecule has 3 rings (SSSR count). The third kappa shape index (κ3) is 5.36. The average molecular weight is 477 g/mol. The van der Waals surface area contributed by atoms with Crippen molar-refractivity contribution in [1.29, 1.82) is 0 Å². The smallest absolute Gasteiger partial charge is 0.237 e. The average Bonchev–Trinajstić information content (AvgIpc) is 2.75. The van der Waals surface area contributed by atoms with Gasteiger partial charge in [0.1, 0.15) is 10.7 Å². The quantitative estimate of drug-likeness (QED) is 0.384. The number of sulfone groups is 1. The molecule has 0 radical (unpaired) electrons. The number of aromatic nitrogens is 2. The van der Waals surface area contributed by atoms with E-state index >= 15 is 0 Å². The number of aryl methyl sites for hydroxylation is 1. The van der Waals surface area contributed by atoms with E-state index in [-0.39, 0.29) is 26.7 Å². The number of carbonyl (C=O) groups excluding carboxylic acids is 1. The van der Waals surface area contributed by atoms with Crippen LogP contribution in [0.25, 0.3) is 0 Å². The van der Waals surface area contributed by atoms with Gasteiger partial charge in [-0.2, -0.15) is 0 Å². The van der Waals surface area contributed by atoms with Crippen LogP contribution < -0.4 is 11.1 Å².